The fraction of sp³-hybridized carbons (Fsp3) is 0.0952. The van der Waals surface area contributed by atoms with Crippen LogP contribution in [0.4, 0.5) is 16.2 Å². The van der Waals surface area contributed by atoms with Crippen molar-refractivity contribution in [3.05, 3.63) is 84.2 Å². The summed E-state index contributed by atoms with van der Waals surface area (Å²) in [6, 6.07) is 17.7. The van der Waals surface area contributed by atoms with Crippen molar-refractivity contribution in [2.45, 2.75) is 12.6 Å². The monoisotopic (exact) mass is 374 g/mol. The molecule has 2 aromatic carbocycles. The standard InChI is InChI=1S/C21H18N4O3/c26-20-19(15-4-2-1-3-5-15)28-18-12-16(6-7-17(18)25-20)24-21(27)23-13-14-8-10-22-11-9-14/h1-12,19H,13H2,(H,25,26)(H2,23,24,27). The molecule has 28 heavy (non-hydrogen) atoms. The predicted octanol–water partition coefficient (Wildman–Crippen LogP) is 3.48. The molecule has 0 aliphatic carbocycles. The van der Waals surface area contributed by atoms with Gasteiger partial charge >= 0.3 is 6.03 Å². The molecule has 1 aliphatic rings. The van der Waals surface area contributed by atoms with Gasteiger partial charge in [-0.2, -0.15) is 0 Å². The van der Waals surface area contributed by atoms with Crippen LogP contribution in [-0.4, -0.2) is 16.9 Å². The Balaban J connectivity index is 1.44. The number of nitrogens with one attached hydrogen (secondary N) is 3. The van der Waals surface area contributed by atoms with E-state index < -0.39 is 6.10 Å². The molecule has 3 N–H and O–H groups in total. The minimum absolute atomic E-state index is 0.227. The molecule has 4 rings (SSSR count). The molecule has 3 aromatic rings. The molecule has 3 amide bonds. The Morgan fingerprint density at radius 1 is 1.07 bits per heavy atom. The smallest absolute Gasteiger partial charge is 0.319 e. The van der Waals surface area contributed by atoms with Gasteiger partial charge in [-0.3, -0.25) is 9.78 Å². The normalized spacial score (nSPS) is 15.0. The highest BCUT2D eigenvalue weighted by atomic mass is 16.5. The van der Waals surface area contributed by atoms with Gasteiger partial charge in [0.2, 0.25) is 6.10 Å². The van der Waals surface area contributed by atoms with Gasteiger partial charge in [-0.15, -0.1) is 0 Å². The number of aromatic nitrogens is 1. The first kappa shape index (κ1) is 17.5. The average molecular weight is 374 g/mol. The Morgan fingerprint density at radius 2 is 1.86 bits per heavy atom. The van der Waals surface area contributed by atoms with E-state index >= 15 is 0 Å². The molecule has 0 saturated carbocycles. The van der Waals surface area contributed by atoms with Gasteiger partial charge in [-0.25, -0.2) is 4.79 Å². The van der Waals surface area contributed by atoms with Gasteiger partial charge in [0.1, 0.15) is 5.75 Å². The highest BCUT2D eigenvalue weighted by Crippen LogP contribution is 2.36. The summed E-state index contributed by atoms with van der Waals surface area (Å²) in [7, 11) is 0. The van der Waals surface area contributed by atoms with Crippen molar-refractivity contribution in [3.8, 4) is 5.75 Å². The third-order valence-corrected chi connectivity index (χ3v) is 4.29. The molecular formula is C21H18N4O3. The summed E-state index contributed by atoms with van der Waals surface area (Å²) in [5.41, 5.74) is 2.85. The van der Waals surface area contributed by atoms with Crippen molar-refractivity contribution in [2.24, 2.45) is 0 Å². The zero-order valence-corrected chi connectivity index (χ0v) is 14.9. The molecular weight excluding hydrogens is 356 g/mol. The van der Waals surface area contributed by atoms with Crippen LogP contribution in [0.5, 0.6) is 5.75 Å². The van der Waals surface area contributed by atoms with Crippen LogP contribution >= 0.6 is 0 Å². The van der Waals surface area contributed by atoms with E-state index in [0.29, 0.717) is 23.7 Å². The second-order valence-corrected chi connectivity index (χ2v) is 6.27. The maximum absolute atomic E-state index is 12.3. The number of ether oxygens (including phenoxy) is 1. The highest BCUT2D eigenvalue weighted by molar-refractivity contribution is 5.99. The topological polar surface area (TPSA) is 92.3 Å². The van der Waals surface area contributed by atoms with Crippen molar-refractivity contribution in [1.29, 1.82) is 0 Å². The number of carbonyl (C=O) groups excluding carboxylic acids is 2. The Bertz CT molecular complexity index is 993. The molecule has 1 aromatic heterocycles. The maximum Gasteiger partial charge on any atom is 0.319 e. The van der Waals surface area contributed by atoms with Gasteiger partial charge in [0.25, 0.3) is 5.91 Å². The molecule has 0 bridgehead atoms. The average Bonchev–Trinajstić information content (AvgIpc) is 2.73. The minimum atomic E-state index is -0.732. The zero-order chi connectivity index (χ0) is 19.3. The number of pyridine rings is 1. The van der Waals surface area contributed by atoms with Crippen LogP contribution in [0.3, 0.4) is 0 Å². The number of benzene rings is 2. The number of fused-ring (bicyclic) bond motifs is 1. The maximum atomic E-state index is 12.3. The number of hydrogen-bond donors (Lipinski definition) is 3. The summed E-state index contributed by atoms with van der Waals surface area (Å²) in [4.78, 5) is 28.4. The third-order valence-electron chi connectivity index (χ3n) is 4.29. The molecule has 0 saturated heterocycles. The number of hydrogen-bond acceptors (Lipinski definition) is 4. The lowest BCUT2D eigenvalue weighted by molar-refractivity contribution is -0.123. The van der Waals surface area contributed by atoms with E-state index in [-0.39, 0.29) is 11.9 Å². The van der Waals surface area contributed by atoms with E-state index in [1.165, 1.54) is 0 Å². The number of amides is 3. The van der Waals surface area contributed by atoms with Crippen molar-refractivity contribution >= 4 is 23.3 Å². The van der Waals surface area contributed by atoms with Gasteiger partial charge in [-0.05, 0) is 29.8 Å². The minimum Gasteiger partial charge on any atom is -0.474 e. The van der Waals surface area contributed by atoms with Crippen molar-refractivity contribution in [2.75, 3.05) is 10.6 Å². The highest BCUT2D eigenvalue weighted by Gasteiger charge is 2.29. The van der Waals surface area contributed by atoms with E-state index in [9.17, 15) is 9.59 Å². The Morgan fingerprint density at radius 3 is 2.64 bits per heavy atom. The molecule has 0 radical (unpaired) electrons. The lowest BCUT2D eigenvalue weighted by Crippen LogP contribution is -2.30. The molecule has 2 heterocycles. The van der Waals surface area contributed by atoms with Crippen molar-refractivity contribution < 1.29 is 14.3 Å². The van der Waals surface area contributed by atoms with Crippen LogP contribution in [0.2, 0.25) is 0 Å². The van der Waals surface area contributed by atoms with E-state index in [2.05, 4.69) is 20.9 Å². The van der Waals surface area contributed by atoms with Gasteiger partial charge < -0.3 is 20.7 Å². The largest absolute Gasteiger partial charge is 0.474 e. The van der Waals surface area contributed by atoms with Crippen LogP contribution in [0.15, 0.2) is 73.1 Å². The fourth-order valence-corrected chi connectivity index (χ4v) is 2.89. The summed E-state index contributed by atoms with van der Waals surface area (Å²) in [5.74, 6) is 0.273. The predicted molar refractivity (Wildman–Crippen MR) is 105 cm³/mol. The van der Waals surface area contributed by atoms with Crippen molar-refractivity contribution in [1.82, 2.24) is 10.3 Å². The first-order valence-electron chi connectivity index (χ1n) is 8.79. The SMILES string of the molecule is O=C(NCc1ccncc1)Nc1ccc2c(c1)OC(c1ccccc1)C(=O)N2. The van der Waals surface area contributed by atoms with Crippen LogP contribution < -0.4 is 20.7 Å². The number of rotatable bonds is 4. The van der Waals surface area contributed by atoms with Crippen LogP contribution in [0, 0.1) is 0 Å². The Hall–Kier alpha value is -3.87. The zero-order valence-electron chi connectivity index (χ0n) is 14.9. The molecule has 1 aliphatic heterocycles. The fourth-order valence-electron chi connectivity index (χ4n) is 2.89. The molecule has 0 fully saturated rings. The second-order valence-electron chi connectivity index (χ2n) is 6.27. The van der Waals surface area contributed by atoms with Gasteiger partial charge in [0.05, 0.1) is 5.69 Å². The summed E-state index contributed by atoms with van der Waals surface area (Å²) in [6.45, 7) is 0.391. The molecule has 1 unspecified atom stereocenters. The quantitative estimate of drug-likeness (QED) is 0.652. The van der Waals surface area contributed by atoms with Gasteiger partial charge in [0, 0.05) is 36.3 Å². The number of anilines is 2. The summed E-state index contributed by atoms with van der Waals surface area (Å²) < 4.78 is 5.89. The van der Waals surface area contributed by atoms with Crippen LogP contribution in [0.1, 0.15) is 17.2 Å². The molecule has 7 heteroatoms. The summed E-state index contributed by atoms with van der Waals surface area (Å²) >= 11 is 0. The van der Waals surface area contributed by atoms with Crippen molar-refractivity contribution in [3.63, 3.8) is 0 Å². The van der Waals surface area contributed by atoms with Gasteiger partial charge in [-0.1, -0.05) is 30.3 Å². The van der Waals surface area contributed by atoms with Gasteiger partial charge in [0.15, 0.2) is 0 Å². The number of nitrogens with zero attached hydrogens (tertiary/aromatic N) is 1. The molecule has 7 nitrogen and oxygen atoms in total. The number of urea groups is 1. The molecule has 140 valence electrons. The third kappa shape index (κ3) is 3.93. The van der Waals surface area contributed by atoms with E-state index in [1.807, 2.05) is 42.5 Å². The van der Waals surface area contributed by atoms with Crippen LogP contribution in [-0.2, 0) is 11.3 Å². The lowest BCUT2D eigenvalue weighted by atomic mass is 10.1. The first-order valence-corrected chi connectivity index (χ1v) is 8.79. The van der Waals surface area contributed by atoms with E-state index in [4.69, 9.17) is 4.74 Å². The second kappa shape index (κ2) is 7.79. The number of carbonyl (C=O) groups is 2. The van der Waals surface area contributed by atoms with E-state index in [0.717, 1.165) is 11.1 Å². The Labute approximate surface area is 161 Å². The lowest BCUT2D eigenvalue weighted by Gasteiger charge is -2.26. The summed E-state index contributed by atoms with van der Waals surface area (Å²) in [5, 5.41) is 8.39. The molecule has 0 spiro atoms. The van der Waals surface area contributed by atoms with E-state index in [1.54, 1.807) is 30.6 Å². The first-order chi connectivity index (χ1) is 13.7. The summed E-state index contributed by atoms with van der Waals surface area (Å²) in [6.07, 6.45) is 2.62. The Kier molecular flexibility index (Phi) is 4.88. The van der Waals surface area contributed by atoms with Crippen LogP contribution in [0.25, 0.3) is 0 Å². The molecule has 1 atom stereocenters.